The fourth-order valence-corrected chi connectivity index (χ4v) is 3.62. The first-order valence-electron chi connectivity index (χ1n) is 7.73. The number of amides is 1. The third-order valence-electron chi connectivity index (χ3n) is 3.70. The topological polar surface area (TPSA) is 66.5 Å². The Bertz CT molecular complexity index is 993. The Balaban J connectivity index is 2.38. The number of nitrogens with zero attached hydrogens (tertiary/aromatic N) is 1. The molecule has 0 aliphatic carbocycles. The van der Waals surface area contributed by atoms with Crippen LogP contribution in [0.3, 0.4) is 0 Å². The molecule has 152 valence electrons. The first kappa shape index (κ1) is 21.6. The van der Waals surface area contributed by atoms with Crippen LogP contribution < -0.4 is 9.62 Å². The Kier molecular flexibility index (Phi) is 5.97. The van der Waals surface area contributed by atoms with E-state index >= 15 is 0 Å². The molecule has 0 aromatic heterocycles. The molecule has 2 aromatic rings. The highest BCUT2D eigenvalue weighted by Crippen LogP contribution is 2.33. The number of hydrogen-bond acceptors (Lipinski definition) is 3. The molecule has 1 atom stereocenters. The number of rotatable bonds is 5. The van der Waals surface area contributed by atoms with Crippen LogP contribution in [0.5, 0.6) is 0 Å². The van der Waals surface area contributed by atoms with Gasteiger partial charge < -0.3 is 5.32 Å². The van der Waals surface area contributed by atoms with Gasteiger partial charge in [0.15, 0.2) is 11.6 Å². The van der Waals surface area contributed by atoms with Crippen LogP contribution in [-0.4, -0.2) is 26.6 Å². The standard InChI is InChI=1S/C17H15F5N2O3S/c1-10(16(25)23-12-6-7-14(18)15(19)9-12)24(28(2,26)27)13-5-3-4-11(8-13)17(20,21)22/h3-10H,1-2H3,(H,23,25)/t10-/m1/s1. The molecule has 0 spiro atoms. The highest BCUT2D eigenvalue weighted by molar-refractivity contribution is 7.92. The van der Waals surface area contributed by atoms with E-state index in [1.54, 1.807) is 0 Å². The van der Waals surface area contributed by atoms with Gasteiger partial charge in [0.25, 0.3) is 0 Å². The van der Waals surface area contributed by atoms with Gasteiger partial charge in [-0.05, 0) is 37.3 Å². The molecule has 28 heavy (non-hydrogen) atoms. The summed E-state index contributed by atoms with van der Waals surface area (Å²) in [4.78, 5) is 12.4. The molecule has 0 bridgehead atoms. The van der Waals surface area contributed by atoms with Gasteiger partial charge in [0, 0.05) is 11.8 Å². The number of anilines is 2. The molecule has 0 unspecified atom stereocenters. The summed E-state index contributed by atoms with van der Waals surface area (Å²) < 4.78 is 89.8. The summed E-state index contributed by atoms with van der Waals surface area (Å²) in [5, 5.41) is 2.20. The monoisotopic (exact) mass is 422 g/mol. The molecule has 0 heterocycles. The maximum Gasteiger partial charge on any atom is 0.416 e. The number of alkyl halides is 3. The van der Waals surface area contributed by atoms with Crippen LogP contribution in [0, 0.1) is 11.6 Å². The number of nitrogens with one attached hydrogen (secondary N) is 1. The van der Waals surface area contributed by atoms with E-state index in [9.17, 15) is 35.2 Å². The van der Waals surface area contributed by atoms with Crippen LogP contribution in [0.2, 0.25) is 0 Å². The first-order chi connectivity index (χ1) is 12.8. The minimum atomic E-state index is -4.71. The van der Waals surface area contributed by atoms with E-state index in [1.807, 2.05) is 0 Å². The van der Waals surface area contributed by atoms with Crippen molar-refractivity contribution >= 4 is 27.3 Å². The molecule has 2 aromatic carbocycles. The second-order valence-corrected chi connectivity index (χ2v) is 7.76. The van der Waals surface area contributed by atoms with Gasteiger partial charge in [0.1, 0.15) is 6.04 Å². The van der Waals surface area contributed by atoms with Crippen LogP contribution in [0.25, 0.3) is 0 Å². The van der Waals surface area contributed by atoms with Crippen LogP contribution in [0.15, 0.2) is 42.5 Å². The van der Waals surface area contributed by atoms with E-state index in [-0.39, 0.29) is 11.4 Å². The molecule has 1 amide bonds. The average molecular weight is 422 g/mol. The summed E-state index contributed by atoms with van der Waals surface area (Å²) in [6.07, 6.45) is -3.98. The molecule has 0 aliphatic rings. The van der Waals surface area contributed by atoms with Crippen molar-refractivity contribution in [2.24, 2.45) is 0 Å². The maximum absolute atomic E-state index is 13.3. The second-order valence-electron chi connectivity index (χ2n) is 5.90. The predicted molar refractivity (Wildman–Crippen MR) is 93.2 cm³/mol. The van der Waals surface area contributed by atoms with Gasteiger partial charge in [-0.3, -0.25) is 9.10 Å². The molecule has 11 heteroatoms. The van der Waals surface area contributed by atoms with Gasteiger partial charge in [0.05, 0.1) is 17.5 Å². The lowest BCUT2D eigenvalue weighted by molar-refractivity contribution is -0.137. The number of carbonyl (C=O) groups excluding carboxylic acids is 1. The molecule has 1 N–H and O–H groups in total. The molecule has 0 saturated carbocycles. The molecule has 0 aliphatic heterocycles. The number of carbonyl (C=O) groups is 1. The molecule has 0 radical (unpaired) electrons. The quantitative estimate of drug-likeness (QED) is 0.746. The molecule has 5 nitrogen and oxygen atoms in total. The van der Waals surface area contributed by atoms with Crippen molar-refractivity contribution in [1.29, 1.82) is 0 Å². The Labute approximate surface area is 157 Å². The zero-order valence-corrected chi connectivity index (χ0v) is 15.4. The van der Waals surface area contributed by atoms with Gasteiger partial charge in [-0.15, -0.1) is 0 Å². The van der Waals surface area contributed by atoms with Crippen LogP contribution in [0.1, 0.15) is 12.5 Å². The van der Waals surface area contributed by atoms with E-state index in [0.717, 1.165) is 43.5 Å². The van der Waals surface area contributed by atoms with Gasteiger partial charge in [-0.25, -0.2) is 17.2 Å². The number of halogens is 5. The Morgan fingerprint density at radius 2 is 1.71 bits per heavy atom. The van der Waals surface area contributed by atoms with Crippen molar-refractivity contribution in [2.75, 3.05) is 15.9 Å². The molecule has 0 saturated heterocycles. The highest BCUT2D eigenvalue weighted by atomic mass is 32.2. The first-order valence-corrected chi connectivity index (χ1v) is 9.58. The Hall–Kier alpha value is -2.69. The second kappa shape index (κ2) is 7.74. The molecular formula is C17H15F5N2O3S. The number of sulfonamides is 1. The van der Waals surface area contributed by atoms with Gasteiger partial charge in [-0.2, -0.15) is 13.2 Å². The van der Waals surface area contributed by atoms with E-state index in [4.69, 9.17) is 0 Å². The molecular weight excluding hydrogens is 407 g/mol. The summed E-state index contributed by atoms with van der Waals surface area (Å²) >= 11 is 0. The SMILES string of the molecule is C[C@H](C(=O)Nc1ccc(F)c(F)c1)N(c1cccc(C(F)(F)F)c1)S(C)(=O)=O. The summed E-state index contributed by atoms with van der Waals surface area (Å²) in [5.74, 6) is -3.33. The highest BCUT2D eigenvalue weighted by Gasteiger charge is 2.34. The third kappa shape index (κ3) is 4.97. The largest absolute Gasteiger partial charge is 0.416 e. The summed E-state index contributed by atoms with van der Waals surface area (Å²) in [7, 11) is -4.16. The van der Waals surface area contributed by atoms with E-state index in [2.05, 4.69) is 5.32 Å². The minimum absolute atomic E-state index is 0.145. The van der Waals surface area contributed by atoms with Crippen LogP contribution in [0.4, 0.5) is 33.3 Å². The van der Waals surface area contributed by atoms with E-state index in [0.29, 0.717) is 16.4 Å². The van der Waals surface area contributed by atoms with Crippen molar-refractivity contribution in [3.63, 3.8) is 0 Å². The average Bonchev–Trinajstić information content (AvgIpc) is 2.56. The summed E-state index contributed by atoms with van der Waals surface area (Å²) in [6.45, 7) is 1.15. The zero-order chi connectivity index (χ0) is 21.3. The lowest BCUT2D eigenvalue weighted by Crippen LogP contribution is -2.45. The van der Waals surface area contributed by atoms with E-state index < -0.39 is 45.3 Å². The Morgan fingerprint density at radius 3 is 2.25 bits per heavy atom. The molecule has 2 rings (SSSR count). The fourth-order valence-electron chi connectivity index (χ4n) is 2.45. The summed E-state index contributed by atoms with van der Waals surface area (Å²) in [5.41, 5.74) is -1.61. The van der Waals surface area contributed by atoms with Gasteiger partial charge in [0.2, 0.25) is 15.9 Å². The van der Waals surface area contributed by atoms with Gasteiger partial charge in [-0.1, -0.05) is 6.07 Å². The summed E-state index contributed by atoms with van der Waals surface area (Å²) in [6, 6.07) is 4.50. The molecule has 0 fully saturated rings. The van der Waals surface area contributed by atoms with Gasteiger partial charge >= 0.3 is 6.18 Å². The number of benzene rings is 2. The minimum Gasteiger partial charge on any atom is -0.324 e. The maximum atomic E-state index is 13.3. The van der Waals surface area contributed by atoms with Crippen molar-refractivity contribution < 1.29 is 35.2 Å². The van der Waals surface area contributed by atoms with Crippen LogP contribution in [-0.2, 0) is 21.0 Å². The smallest absolute Gasteiger partial charge is 0.324 e. The van der Waals surface area contributed by atoms with E-state index in [1.165, 1.54) is 0 Å². The van der Waals surface area contributed by atoms with Crippen molar-refractivity contribution in [1.82, 2.24) is 0 Å². The predicted octanol–water partition coefficient (Wildman–Crippen LogP) is 3.78. The lowest BCUT2D eigenvalue weighted by atomic mass is 10.1. The zero-order valence-electron chi connectivity index (χ0n) is 14.6. The normalized spacial score (nSPS) is 13.1. The Morgan fingerprint density at radius 1 is 1.07 bits per heavy atom. The van der Waals surface area contributed by atoms with Crippen molar-refractivity contribution in [3.8, 4) is 0 Å². The van der Waals surface area contributed by atoms with Crippen molar-refractivity contribution in [2.45, 2.75) is 19.1 Å². The number of hydrogen-bond donors (Lipinski definition) is 1. The van der Waals surface area contributed by atoms with Crippen LogP contribution >= 0.6 is 0 Å². The fraction of sp³-hybridized carbons (Fsp3) is 0.235. The third-order valence-corrected chi connectivity index (χ3v) is 4.95. The lowest BCUT2D eigenvalue weighted by Gasteiger charge is -2.28. The van der Waals surface area contributed by atoms with Crippen molar-refractivity contribution in [3.05, 3.63) is 59.7 Å².